The van der Waals surface area contributed by atoms with Crippen LogP contribution in [-0.2, 0) is 4.74 Å². The number of aliphatic hydroxyl groups excluding tert-OH is 2. The maximum Gasteiger partial charge on any atom is 0.167 e. The van der Waals surface area contributed by atoms with Crippen molar-refractivity contribution in [2.45, 2.75) is 34.3 Å². The third-order valence-electron chi connectivity index (χ3n) is 4.47. The number of aliphatic hydroxyl groups is 2. The van der Waals surface area contributed by atoms with Crippen LogP contribution in [-0.4, -0.2) is 60.1 Å². The average molecular weight is 406 g/mol. The fourth-order valence-electron chi connectivity index (χ4n) is 3.00. The predicted octanol–water partition coefficient (Wildman–Crippen LogP) is 1.54. The zero-order valence-corrected chi connectivity index (χ0v) is 16.1. The molecule has 1 unspecified atom stereocenters. The Kier molecular flexibility index (Phi) is 5.24. The molecule has 142 valence electrons. The summed E-state index contributed by atoms with van der Waals surface area (Å²) in [6.45, 7) is 0. The minimum absolute atomic E-state index is 0.257. The molecular formula is C17H19N5O3S2. The van der Waals surface area contributed by atoms with Gasteiger partial charge in [-0.05, 0) is 30.5 Å². The van der Waals surface area contributed by atoms with Crippen molar-refractivity contribution < 1.29 is 14.9 Å². The Labute approximate surface area is 164 Å². The van der Waals surface area contributed by atoms with E-state index in [2.05, 4.69) is 27.1 Å². The van der Waals surface area contributed by atoms with Crippen molar-refractivity contribution in [3.8, 4) is 0 Å². The van der Waals surface area contributed by atoms with Crippen LogP contribution in [0.5, 0.6) is 0 Å². The Hall–Kier alpha value is -1.85. The van der Waals surface area contributed by atoms with Crippen LogP contribution in [0.25, 0.3) is 11.2 Å². The number of ether oxygens (including phenoxy) is 1. The minimum Gasteiger partial charge on any atom is -0.387 e. The first-order chi connectivity index (χ1) is 13.1. The summed E-state index contributed by atoms with van der Waals surface area (Å²) < 4.78 is 7.52. The van der Waals surface area contributed by atoms with E-state index in [9.17, 15) is 10.2 Å². The van der Waals surface area contributed by atoms with E-state index in [1.165, 1.54) is 17.6 Å². The highest BCUT2D eigenvalue weighted by atomic mass is 32.2. The molecule has 27 heavy (non-hydrogen) atoms. The first-order valence-corrected chi connectivity index (χ1v) is 10.5. The quantitative estimate of drug-likeness (QED) is 0.543. The smallest absolute Gasteiger partial charge is 0.167 e. The molecule has 8 nitrogen and oxygen atoms in total. The van der Waals surface area contributed by atoms with E-state index >= 15 is 0 Å². The number of fused-ring (bicyclic) bond motifs is 1. The van der Waals surface area contributed by atoms with Crippen molar-refractivity contribution >= 4 is 40.5 Å². The van der Waals surface area contributed by atoms with Gasteiger partial charge < -0.3 is 20.7 Å². The Bertz CT molecular complexity index is 936. The van der Waals surface area contributed by atoms with Crippen LogP contribution >= 0.6 is 23.5 Å². The topological polar surface area (TPSA) is 119 Å². The number of anilines is 1. The third kappa shape index (κ3) is 3.50. The molecule has 4 rings (SSSR count). The largest absolute Gasteiger partial charge is 0.387 e. The second kappa shape index (κ2) is 7.64. The Morgan fingerprint density at radius 3 is 2.59 bits per heavy atom. The number of hydrogen-bond donors (Lipinski definition) is 3. The number of nitrogens with two attached hydrogens (primary N) is 1. The number of nitrogens with zero attached hydrogens (tertiary/aromatic N) is 4. The van der Waals surface area contributed by atoms with Gasteiger partial charge in [-0.3, -0.25) is 4.57 Å². The summed E-state index contributed by atoms with van der Waals surface area (Å²) in [7, 11) is 0. The SMILES string of the molecule is CSc1ccc(SC[C@H]2OC(n3cnc4c(N)ncnc43)[C@H](O)[C@@H]2O)cc1. The van der Waals surface area contributed by atoms with Gasteiger partial charge in [-0.25, -0.2) is 15.0 Å². The second-order valence-electron chi connectivity index (χ2n) is 6.12. The molecule has 1 saturated heterocycles. The number of rotatable bonds is 5. The van der Waals surface area contributed by atoms with Gasteiger partial charge in [0, 0.05) is 15.5 Å². The lowest BCUT2D eigenvalue weighted by Crippen LogP contribution is -2.32. The minimum atomic E-state index is -1.09. The van der Waals surface area contributed by atoms with Crippen LogP contribution in [0.3, 0.4) is 0 Å². The molecule has 3 heterocycles. The van der Waals surface area contributed by atoms with E-state index in [-0.39, 0.29) is 5.82 Å². The number of aromatic nitrogens is 4. The molecule has 4 atom stereocenters. The molecule has 3 aromatic rings. The molecular weight excluding hydrogens is 386 g/mol. The molecule has 0 spiro atoms. The Morgan fingerprint density at radius 1 is 1.11 bits per heavy atom. The Balaban J connectivity index is 1.49. The summed E-state index contributed by atoms with van der Waals surface area (Å²) in [5, 5.41) is 20.9. The summed E-state index contributed by atoms with van der Waals surface area (Å²) in [5.41, 5.74) is 6.70. The number of imidazole rings is 1. The molecule has 1 fully saturated rings. The van der Waals surface area contributed by atoms with Crippen LogP contribution < -0.4 is 5.73 Å². The van der Waals surface area contributed by atoms with Crippen LogP contribution in [0.2, 0.25) is 0 Å². The molecule has 1 aliphatic rings. The molecule has 10 heteroatoms. The summed E-state index contributed by atoms with van der Waals surface area (Å²) >= 11 is 3.26. The summed E-state index contributed by atoms with van der Waals surface area (Å²) in [5.74, 6) is 0.768. The van der Waals surface area contributed by atoms with E-state index in [0.717, 1.165) is 4.90 Å². The molecule has 0 radical (unpaired) electrons. The fraction of sp³-hybridized carbons (Fsp3) is 0.353. The Morgan fingerprint density at radius 2 is 1.85 bits per heavy atom. The van der Waals surface area contributed by atoms with Crippen LogP contribution in [0.15, 0.2) is 46.7 Å². The van der Waals surface area contributed by atoms with Gasteiger partial charge in [0.1, 0.15) is 24.1 Å². The van der Waals surface area contributed by atoms with Gasteiger partial charge in [0.25, 0.3) is 0 Å². The molecule has 1 aliphatic heterocycles. The fourth-order valence-corrected chi connectivity index (χ4v) is 4.37. The molecule has 1 aromatic carbocycles. The average Bonchev–Trinajstić information content (AvgIpc) is 3.23. The van der Waals surface area contributed by atoms with E-state index in [1.54, 1.807) is 28.1 Å². The highest BCUT2D eigenvalue weighted by Gasteiger charge is 2.44. The van der Waals surface area contributed by atoms with Gasteiger partial charge in [-0.15, -0.1) is 23.5 Å². The zero-order chi connectivity index (χ0) is 19.0. The van der Waals surface area contributed by atoms with Gasteiger partial charge in [0.05, 0.1) is 12.4 Å². The van der Waals surface area contributed by atoms with Crippen molar-refractivity contribution in [2.75, 3.05) is 17.7 Å². The van der Waals surface area contributed by atoms with Crippen LogP contribution in [0.4, 0.5) is 5.82 Å². The second-order valence-corrected chi connectivity index (χ2v) is 8.09. The lowest BCUT2D eigenvalue weighted by molar-refractivity contribution is -0.0289. The van der Waals surface area contributed by atoms with Gasteiger partial charge in [-0.2, -0.15) is 0 Å². The van der Waals surface area contributed by atoms with Gasteiger partial charge >= 0.3 is 0 Å². The van der Waals surface area contributed by atoms with E-state index < -0.39 is 24.5 Å². The van der Waals surface area contributed by atoms with Crippen LogP contribution in [0.1, 0.15) is 6.23 Å². The summed E-state index contributed by atoms with van der Waals surface area (Å²) in [4.78, 5) is 14.5. The maximum absolute atomic E-state index is 10.5. The van der Waals surface area contributed by atoms with Gasteiger partial charge in [-0.1, -0.05) is 0 Å². The highest BCUT2D eigenvalue weighted by molar-refractivity contribution is 7.99. The van der Waals surface area contributed by atoms with Crippen molar-refractivity contribution in [2.24, 2.45) is 0 Å². The first kappa shape index (κ1) is 18.5. The number of benzene rings is 1. The van der Waals surface area contributed by atoms with Crippen molar-refractivity contribution in [1.82, 2.24) is 19.5 Å². The highest BCUT2D eigenvalue weighted by Crippen LogP contribution is 2.34. The molecule has 0 aliphatic carbocycles. The maximum atomic E-state index is 10.5. The summed E-state index contributed by atoms with van der Waals surface area (Å²) in [6, 6.07) is 8.18. The number of nitrogen functional groups attached to an aromatic ring is 1. The lowest BCUT2D eigenvalue weighted by Gasteiger charge is -2.16. The predicted molar refractivity (Wildman–Crippen MR) is 105 cm³/mol. The summed E-state index contributed by atoms with van der Waals surface area (Å²) in [6.07, 6.45) is 1.44. The van der Waals surface area contributed by atoms with Crippen molar-refractivity contribution in [3.63, 3.8) is 0 Å². The standard InChI is InChI=1S/C17H19N5O3S2/c1-26-9-2-4-10(5-3-9)27-6-11-13(23)14(24)17(25-11)22-8-21-12-15(18)19-7-20-16(12)22/h2-5,7-8,11,13-14,17,23-24H,6H2,1H3,(H2,18,19,20)/t11-,13-,14-,17?/m1/s1. The molecule has 2 aromatic heterocycles. The zero-order valence-electron chi connectivity index (χ0n) is 14.5. The molecule has 0 bridgehead atoms. The monoisotopic (exact) mass is 405 g/mol. The third-order valence-corrected chi connectivity index (χ3v) is 6.32. The number of thioether (sulfide) groups is 2. The normalized spacial score (nSPS) is 25.3. The molecule has 0 saturated carbocycles. The van der Waals surface area contributed by atoms with Crippen molar-refractivity contribution in [3.05, 3.63) is 36.9 Å². The van der Waals surface area contributed by atoms with E-state index in [0.29, 0.717) is 16.9 Å². The van der Waals surface area contributed by atoms with Gasteiger partial charge in [0.2, 0.25) is 0 Å². The lowest BCUT2D eigenvalue weighted by atomic mass is 10.1. The van der Waals surface area contributed by atoms with E-state index in [1.807, 2.05) is 18.4 Å². The molecule has 4 N–H and O–H groups in total. The number of hydrogen-bond acceptors (Lipinski definition) is 9. The van der Waals surface area contributed by atoms with E-state index in [4.69, 9.17) is 10.5 Å². The van der Waals surface area contributed by atoms with Crippen molar-refractivity contribution in [1.29, 1.82) is 0 Å². The van der Waals surface area contributed by atoms with Gasteiger partial charge in [0.15, 0.2) is 17.7 Å². The molecule has 0 amide bonds. The first-order valence-electron chi connectivity index (χ1n) is 8.30. The van der Waals surface area contributed by atoms with Crippen LogP contribution in [0, 0.1) is 0 Å².